The Kier molecular flexibility index (Phi) is 3.99. The molecular formula is C15H17F2N5O3S. The number of nitrogens with one attached hydrogen (secondary N) is 1. The number of H-pyrrole nitrogens is 1. The van der Waals surface area contributed by atoms with Crippen LogP contribution in [0.2, 0.25) is 0 Å². The first-order valence-electron chi connectivity index (χ1n) is 8.02. The Morgan fingerprint density at radius 2 is 1.81 bits per heavy atom. The molecule has 2 aliphatic rings. The molecule has 2 fully saturated rings. The van der Waals surface area contributed by atoms with Crippen molar-refractivity contribution in [1.29, 1.82) is 0 Å². The molecule has 2 saturated heterocycles. The normalized spacial score (nSPS) is 23.4. The van der Waals surface area contributed by atoms with Crippen molar-refractivity contribution in [2.75, 3.05) is 13.1 Å². The molecule has 1 aromatic heterocycles. The van der Waals surface area contributed by atoms with Crippen LogP contribution in [0.15, 0.2) is 29.3 Å². The first-order valence-corrected chi connectivity index (χ1v) is 9.46. The Labute approximate surface area is 149 Å². The number of fused-ring (bicyclic) bond motifs is 2. The highest BCUT2D eigenvalue weighted by Crippen LogP contribution is 2.37. The molecule has 1 aromatic carbocycles. The predicted octanol–water partition coefficient (Wildman–Crippen LogP) is 1.01. The molecule has 4 rings (SSSR count). The summed E-state index contributed by atoms with van der Waals surface area (Å²) in [7, 11) is -4.35. The van der Waals surface area contributed by atoms with E-state index in [2.05, 4.69) is 15.4 Å². The van der Waals surface area contributed by atoms with Crippen LogP contribution in [0.3, 0.4) is 0 Å². The van der Waals surface area contributed by atoms with E-state index in [0.29, 0.717) is 12.8 Å². The number of piperazine rings is 1. The number of halogens is 2. The van der Waals surface area contributed by atoms with Crippen molar-refractivity contribution in [3.8, 4) is 0 Å². The highest BCUT2D eigenvalue weighted by molar-refractivity contribution is 7.89. The number of aromatic amines is 1. The molecular weight excluding hydrogens is 368 g/mol. The number of carbonyl (C=O) groups is 1. The van der Waals surface area contributed by atoms with Gasteiger partial charge in [0.05, 0.1) is 6.20 Å². The molecule has 1 N–H and O–H groups in total. The summed E-state index contributed by atoms with van der Waals surface area (Å²) in [4.78, 5) is 13.0. The third-order valence-electron chi connectivity index (χ3n) is 4.79. The van der Waals surface area contributed by atoms with E-state index in [4.69, 9.17) is 0 Å². The minimum absolute atomic E-state index is 0. The number of nitrogens with zero attached hydrogens (tertiary/aromatic N) is 4. The molecule has 3 heterocycles. The lowest BCUT2D eigenvalue weighted by Gasteiger charge is -2.39. The number of sulfonamides is 1. The SMILES string of the molecule is O=C(c1cn[nH]n1)N1CC2CCC(C1)N2S(=O)(=O)c1c(F)cccc1F.[HH]. The van der Waals surface area contributed by atoms with Gasteiger partial charge >= 0.3 is 0 Å². The highest BCUT2D eigenvalue weighted by atomic mass is 32.2. The van der Waals surface area contributed by atoms with Crippen molar-refractivity contribution in [3.05, 3.63) is 41.7 Å². The van der Waals surface area contributed by atoms with E-state index in [1.54, 1.807) is 0 Å². The Morgan fingerprint density at radius 3 is 2.35 bits per heavy atom. The number of benzene rings is 1. The second kappa shape index (κ2) is 6.09. The van der Waals surface area contributed by atoms with Crippen LogP contribution in [0.5, 0.6) is 0 Å². The lowest BCUT2D eigenvalue weighted by molar-refractivity contribution is 0.0608. The van der Waals surface area contributed by atoms with Gasteiger partial charge in [0.1, 0.15) is 11.6 Å². The van der Waals surface area contributed by atoms with Gasteiger partial charge in [-0.1, -0.05) is 6.07 Å². The summed E-state index contributed by atoms with van der Waals surface area (Å²) >= 11 is 0. The molecule has 11 heteroatoms. The smallest absolute Gasteiger partial charge is 0.276 e. The van der Waals surface area contributed by atoms with E-state index in [1.165, 1.54) is 11.1 Å². The third kappa shape index (κ3) is 2.58. The molecule has 140 valence electrons. The Hall–Kier alpha value is -2.40. The van der Waals surface area contributed by atoms with Gasteiger partial charge in [0.2, 0.25) is 10.0 Å². The third-order valence-corrected chi connectivity index (χ3v) is 6.85. The van der Waals surface area contributed by atoms with E-state index in [9.17, 15) is 22.0 Å². The zero-order valence-corrected chi connectivity index (χ0v) is 14.3. The molecule has 1 amide bonds. The molecule has 0 saturated carbocycles. The molecule has 2 unspecified atom stereocenters. The van der Waals surface area contributed by atoms with Gasteiger partial charge in [-0.25, -0.2) is 17.2 Å². The fourth-order valence-corrected chi connectivity index (χ4v) is 5.69. The van der Waals surface area contributed by atoms with Crippen LogP contribution < -0.4 is 0 Å². The van der Waals surface area contributed by atoms with Crippen molar-refractivity contribution in [1.82, 2.24) is 24.6 Å². The fourth-order valence-electron chi connectivity index (χ4n) is 3.72. The molecule has 8 nitrogen and oxygen atoms in total. The average molecular weight is 385 g/mol. The van der Waals surface area contributed by atoms with Gasteiger partial charge in [0.25, 0.3) is 5.91 Å². The second-order valence-corrected chi connectivity index (χ2v) is 8.12. The number of hydrogen-bond acceptors (Lipinski definition) is 5. The van der Waals surface area contributed by atoms with Crippen molar-refractivity contribution < 1.29 is 23.4 Å². The van der Waals surface area contributed by atoms with Crippen LogP contribution in [0.25, 0.3) is 0 Å². The Morgan fingerprint density at radius 1 is 1.19 bits per heavy atom. The van der Waals surface area contributed by atoms with Crippen molar-refractivity contribution in [2.24, 2.45) is 0 Å². The van der Waals surface area contributed by atoms with Gasteiger partial charge in [-0.3, -0.25) is 4.79 Å². The molecule has 2 atom stereocenters. The first kappa shape index (κ1) is 17.0. The van der Waals surface area contributed by atoms with Gasteiger partial charge in [0.15, 0.2) is 10.6 Å². The van der Waals surface area contributed by atoms with Crippen LogP contribution >= 0.6 is 0 Å². The summed E-state index contributed by atoms with van der Waals surface area (Å²) in [5.41, 5.74) is 0.140. The summed E-state index contributed by atoms with van der Waals surface area (Å²) < 4.78 is 55.0. The first-order chi connectivity index (χ1) is 12.4. The minimum Gasteiger partial charge on any atom is -0.334 e. The molecule has 2 bridgehead atoms. The maximum absolute atomic E-state index is 14.0. The Bertz CT molecular complexity index is 922. The monoisotopic (exact) mass is 385 g/mol. The second-order valence-electron chi connectivity index (χ2n) is 6.34. The van der Waals surface area contributed by atoms with Crippen molar-refractivity contribution in [3.63, 3.8) is 0 Å². The van der Waals surface area contributed by atoms with Gasteiger partial charge < -0.3 is 4.90 Å². The van der Waals surface area contributed by atoms with Crippen LogP contribution in [0.1, 0.15) is 24.8 Å². The largest absolute Gasteiger partial charge is 0.334 e. The van der Waals surface area contributed by atoms with Crippen LogP contribution in [-0.4, -0.2) is 64.1 Å². The van der Waals surface area contributed by atoms with Gasteiger partial charge in [-0.2, -0.15) is 19.7 Å². The molecule has 2 aromatic rings. The molecule has 0 spiro atoms. The van der Waals surface area contributed by atoms with E-state index < -0.39 is 38.6 Å². The van der Waals surface area contributed by atoms with Gasteiger partial charge in [0, 0.05) is 26.6 Å². The fraction of sp³-hybridized carbons (Fsp3) is 0.400. The topological polar surface area (TPSA) is 99.3 Å². The molecule has 0 radical (unpaired) electrons. The van der Waals surface area contributed by atoms with E-state index in [0.717, 1.165) is 22.5 Å². The predicted molar refractivity (Wildman–Crippen MR) is 86.6 cm³/mol. The van der Waals surface area contributed by atoms with Crippen LogP contribution in [0.4, 0.5) is 8.78 Å². The number of likely N-dealkylation sites (tertiary alicyclic amines) is 1. The van der Waals surface area contributed by atoms with Gasteiger partial charge in [-0.15, -0.1) is 0 Å². The van der Waals surface area contributed by atoms with E-state index >= 15 is 0 Å². The summed E-state index contributed by atoms with van der Waals surface area (Å²) in [6.07, 6.45) is 2.33. The number of aromatic nitrogens is 3. The molecule has 2 aliphatic heterocycles. The van der Waals surface area contributed by atoms with Crippen molar-refractivity contribution >= 4 is 15.9 Å². The Balaban J connectivity index is 0.00000210. The summed E-state index contributed by atoms with van der Waals surface area (Å²) in [6.45, 7) is 0.273. The zero-order chi connectivity index (χ0) is 18.5. The number of rotatable bonds is 3. The van der Waals surface area contributed by atoms with Crippen molar-refractivity contribution in [2.45, 2.75) is 29.8 Å². The van der Waals surface area contributed by atoms with Gasteiger partial charge in [-0.05, 0) is 25.0 Å². The lowest BCUT2D eigenvalue weighted by atomic mass is 10.2. The lowest BCUT2D eigenvalue weighted by Crippen LogP contribution is -2.57. The summed E-state index contributed by atoms with van der Waals surface area (Å²) in [5, 5.41) is 9.69. The standard InChI is InChI=1S/C15H15F2N5O3S.H2/c16-11-2-1-3-12(17)14(11)26(24,25)22-9-4-5-10(22)8-21(7-9)15(23)13-6-18-20-19-13;/h1-3,6,9-10H,4-5,7-8H2,(H,18,19,20);1H. The minimum atomic E-state index is -4.35. The summed E-state index contributed by atoms with van der Waals surface area (Å²) in [6, 6.07) is 1.89. The number of hydrogen-bond donors (Lipinski definition) is 1. The van der Waals surface area contributed by atoms with Crippen LogP contribution in [-0.2, 0) is 10.0 Å². The van der Waals surface area contributed by atoms with E-state index in [1.807, 2.05) is 0 Å². The average Bonchev–Trinajstić information content (AvgIpc) is 3.21. The summed E-state index contributed by atoms with van der Waals surface area (Å²) in [5.74, 6) is -2.60. The zero-order valence-electron chi connectivity index (χ0n) is 13.5. The number of carbonyl (C=O) groups excluding carboxylic acids is 1. The molecule has 26 heavy (non-hydrogen) atoms. The van der Waals surface area contributed by atoms with Crippen LogP contribution in [0, 0.1) is 11.6 Å². The molecule has 0 aliphatic carbocycles. The maximum atomic E-state index is 14.0. The number of amides is 1. The highest BCUT2D eigenvalue weighted by Gasteiger charge is 2.49. The van der Waals surface area contributed by atoms with E-state index in [-0.39, 0.29) is 26.1 Å². The maximum Gasteiger partial charge on any atom is 0.276 e. The quantitative estimate of drug-likeness (QED) is 0.850.